The average Bonchev–Trinajstić information content (AvgIpc) is 2.85. The Labute approximate surface area is 198 Å². The third kappa shape index (κ3) is 7.56. The van der Waals surface area contributed by atoms with Gasteiger partial charge in [0.2, 0.25) is 0 Å². The molecule has 2 aromatic rings. The minimum absolute atomic E-state index is 0.0610. The third-order valence-corrected chi connectivity index (χ3v) is 8.59. The monoisotopic (exact) mass is 479 g/mol. The Balaban J connectivity index is 0.000000189. The molecule has 1 saturated carbocycles. The van der Waals surface area contributed by atoms with Crippen LogP contribution >= 0.6 is 8.15 Å². The highest BCUT2D eigenvalue weighted by Gasteiger charge is 2.22. The van der Waals surface area contributed by atoms with E-state index >= 15 is 0 Å². The topological polar surface area (TPSA) is 80.8 Å². The first-order valence-corrected chi connectivity index (χ1v) is 13.7. The van der Waals surface area contributed by atoms with Crippen LogP contribution < -0.4 is 10.5 Å². The Morgan fingerprint density at radius 2 is 1.94 bits per heavy atom. The van der Waals surface area contributed by atoms with Gasteiger partial charge in [0.15, 0.2) is 0 Å². The van der Waals surface area contributed by atoms with Crippen LogP contribution in [0.2, 0.25) is 0 Å². The van der Waals surface area contributed by atoms with E-state index in [1.165, 1.54) is 71.2 Å². The molecule has 1 aromatic heterocycles. The van der Waals surface area contributed by atoms with Crippen molar-refractivity contribution in [2.45, 2.75) is 44.6 Å². The molecule has 1 aliphatic carbocycles. The molecule has 2 aliphatic rings. The zero-order valence-electron chi connectivity index (χ0n) is 20.0. The van der Waals surface area contributed by atoms with Gasteiger partial charge in [0.25, 0.3) is 0 Å². The lowest BCUT2D eigenvalue weighted by Gasteiger charge is -2.34. The van der Waals surface area contributed by atoms with E-state index in [4.69, 9.17) is 15.0 Å². The molecule has 6 nitrogen and oxygen atoms in total. The predicted octanol–water partition coefficient (Wildman–Crippen LogP) is 4.69. The van der Waals surface area contributed by atoms with Crippen LogP contribution in [0.25, 0.3) is 10.9 Å². The highest BCUT2D eigenvalue weighted by Crippen LogP contribution is 2.38. The Bertz CT molecular complexity index is 858. The van der Waals surface area contributed by atoms with Crippen LogP contribution in [0.1, 0.15) is 50.2 Å². The lowest BCUT2D eigenvalue weighted by atomic mass is 9.89. The van der Waals surface area contributed by atoms with Gasteiger partial charge in [-0.3, -0.25) is 4.98 Å². The molecule has 1 aromatic carbocycles. The molecule has 4 rings (SSSR count). The van der Waals surface area contributed by atoms with Crippen molar-refractivity contribution in [1.29, 1.82) is 0 Å². The standard InChI is InChI=1S/C13H15FN2O2.C12H24NOP/c1-18-8-2-3-11-9(6-8)13(10(14)7-16-11)12(17)4-5-15;1-14-15-9-7-13(8-10-15)11-12-5-3-2-4-6-12/h2-3,6-7,12,17H,4-5,15H2,1H3;12H,2-11H2,1H3. The summed E-state index contributed by atoms with van der Waals surface area (Å²) >= 11 is 0. The Hall–Kier alpha value is -1.37. The van der Waals surface area contributed by atoms with Crippen molar-refractivity contribution in [3.8, 4) is 5.75 Å². The molecule has 1 atom stereocenters. The molecule has 0 bridgehead atoms. The summed E-state index contributed by atoms with van der Waals surface area (Å²) in [6.45, 7) is 4.23. The SMILES string of the molecule is COP1CCN(CC2CCCCC2)CC1.COc1ccc2ncc(F)c(C(O)CCN)c2c1. The normalized spacial score (nSPS) is 19.2. The van der Waals surface area contributed by atoms with E-state index in [0.717, 1.165) is 12.1 Å². The van der Waals surface area contributed by atoms with Gasteiger partial charge in [-0.05, 0) is 49.9 Å². The zero-order valence-corrected chi connectivity index (χ0v) is 20.9. The van der Waals surface area contributed by atoms with Crippen LogP contribution in [0.4, 0.5) is 4.39 Å². The number of aliphatic hydroxyl groups excluding tert-OH is 1. The summed E-state index contributed by atoms with van der Waals surface area (Å²) in [6.07, 6.45) is 10.5. The van der Waals surface area contributed by atoms with Crippen molar-refractivity contribution in [3.05, 3.63) is 35.8 Å². The lowest BCUT2D eigenvalue weighted by Crippen LogP contribution is -2.37. The number of benzene rings is 1. The largest absolute Gasteiger partial charge is 0.497 e. The molecule has 1 saturated heterocycles. The number of methoxy groups -OCH3 is 1. The summed E-state index contributed by atoms with van der Waals surface area (Å²) in [5, 5.41) is 10.5. The van der Waals surface area contributed by atoms with Gasteiger partial charge in [-0.25, -0.2) is 4.39 Å². The first kappa shape index (κ1) is 26.2. The molecule has 33 heavy (non-hydrogen) atoms. The van der Waals surface area contributed by atoms with Gasteiger partial charge in [-0.1, -0.05) is 19.3 Å². The number of rotatable bonds is 7. The number of aromatic nitrogens is 1. The smallest absolute Gasteiger partial charge is 0.147 e. The van der Waals surface area contributed by atoms with Gasteiger partial charge in [-0.15, -0.1) is 0 Å². The number of fused-ring (bicyclic) bond motifs is 1. The van der Waals surface area contributed by atoms with E-state index in [2.05, 4.69) is 9.88 Å². The number of nitrogens with two attached hydrogens (primary N) is 1. The maximum Gasteiger partial charge on any atom is 0.147 e. The second-order valence-electron chi connectivity index (χ2n) is 8.91. The Kier molecular flexibility index (Phi) is 10.7. The molecular formula is C25H39FN3O3P. The van der Waals surface area contributed by atoms with Gasteiger partial charge < -0.3 is 25.0 Å². The zero-order chi connectivity index (χ0) is 23.6. The second-order valence-corrected chi connectivity index (χ2v) is 11.1. The molecular weight excluding hydrogens is 440 g/mol. The maximum absolute atomic E-state index is 13.8. The molecule has 184 valence electrons. The number of hydrogen-bond donors (Lipinski definition) is 2. The van der Waals surface area contributed by atoms with Crippen molar-refractivity contribution in [2.75, 3.05) is 52.7 Å². The quantitative estimate of drug-likeness (QED) is 0.561. The maximum atomic E-state index is 13.8. The number of halogens is 1. The van der Waals surface area contributed by atoms with Gasteiger partial charge in [0.05, 0.1) is 24.9 Å². The van der Waals surface area contributed by atoms with Crippen LogP contribution in [0.15, 0.2) is 24.4 Å². The molecule has 2 fully saturated rings. The fourth-order valence-corrected chi connectivity index (χ4v) is 6.37. The summed E-state index contributed by atoms with van der Waals surface area (Å²) in [5.41, 5.74) is 6.23. The third-order valence-electron chi connectivity index (χ3n) is 6.67. The minimum atomic E-state index is -0.937. The highest BCUT2D eigenvalue weighted by atomic mass is 31.1. The van der Waals surface area contributed by atoms with Crippen molar-refractivity contribution in [2.24, 2.45) is 11.7 Å². The summed E-state index contributed by atoms with van der Waals surface area (Å²) in [7, 11) is 3.35. The van der Waals surface area contributed by atoms with Crippen LogP contribution in [0.5, 0.6) is 5.75 Å². The first-order chi connectivity index (χ1) is 16.0. The Morgan fingerprint density at radius 3 is 2.58 bits per heavy atom. The fraction of sp³-hybridized carbons (Fsp3) is 0.640. The summed E-state index contributed by atoms with van der Waals surface area (Å²) in [4.78, 5) is 6.66. The molecule has 0 amide bonds. The van der Waals surface area contributed by atoms with Crippen LogP contribution in [0, 0.1) is 11.7 Å². The van der Waals surface area contributed by atoms with Gasteiger partial charge >= 0.3 is 0 Å². The van der Waals surface area contributed by atoms with E-state index < -0.39 is 11.9 Å². The molecule has 8 heteroatoms. The molecule has 3 N–H and O–H groups in total. The first-order valence-electron chi connectivity index (χ1n) is 12.1. The van der Waals surface area contributed by atoms with E-state index in [1.54, 1.807) is 18.2 Å². The minimum Gasteiger partial charge on any atom is -0.497 e. The van der Waals surface area contributed by atoms with Crippen LogP contribution in [0.3, 0.4) is 0 Å². The molecule has 1 aliphatic heterocycles. The van der Waals surface area contributed by atoms with Crippen molar-refractivity contribution >= 4 is 19.1 Å². The number of hydrogen-bond acceptors (Lipinski definition) is 6. The predicted molar refractivity (Wildman–Crippen MR) is 134 cm³/mol. The number of pyridine rings is 1. The number of aliphatic hydroxyl groups is 1. The number of nitrogens with zero attached hydrogens (tertiary/aromatic N) is 2. The fourth-order valence-electron chi connectivity index (χ4n) is 4.77. The van der Waals surface area contributed by atoms with Crippen LogP contribution in [-0.4, -0.2) is 67.7 Å². The van der Waals surface area contributed by atoms with E-state index in [9.17, 15) is 9.50 Å². The molecule has 0 radical (unpaired) electrons. The summed E-state index contributed by atoms with van der Waals surface area (Å²) < 4.78 is 24.4. The van der Waals surface area contributed by atoms with Crippen LogP contribution in [-0.2, 0) is 4.52 Å². The van der Waals surface area contributed by atoms with Gasteiger partial charge in [0.1, 0.15) is 11.6 Å². The van der Waals surface area contributed by atoms with Crippen molar-refractivity contribution < 1.29 is 18.8 Å². The highest BCUT2D eigenvalue weighted by molar-refractivity contribution is 7.52. The lowest BCUT2D eigenvalue weighted by molar-refractivity contribution is 0.167. The van der Waals surface area contributed by atoms with Crippen molar-refractivity contribution in [1.82, 2.24) is 9.88 Å². The second kappa shape index (κ2) is 13.5. The van der Waals surface area contributed by atoms with Gasteiger partial charge in [0, 0.05) is 58.2 Å². The van der Waals surface area contributed by atoms with E-state index in [-0.39, 0.29) is 20.3 Å². The molecule has 0 spiro atoms. The molecule has 2 heterocycles. The molecule has 1 unspecified atom stereocenters. The summed E-state index contributed by atoms with van der Waals surface area (Å²) in [5.74, 6) is 1.07. The van der Waals surface area contributed by atoms with E-state index in [0.29, 0.717) is 23.1 Å². The van der Waals surface area contributed by atoms with E-state index in [1.807, 2.05) is 7.11 Å². The van der Waals surface area contributed by atoms with Gasteiger partial charge in [-0.2, -0.15) is 0 Å². The number of ether oxygens (including phenoxy) is 1. The average molecular weight is 480 g/mol. The van der Waals surface area contributed by atoms with Crippen molar-refractivity contribution in [3.63, 3.8) is 0 Å². The Morgan fingerprint density at radius 1 is 1.21 bits per heavy atom. The summed E-state index contributed by atoms with van der Waals surface area (Å²) in [6, 6.07) is 5.14.